The molecule has 0 aliphatic rings. The molecule has 0 fully saturated rings. The third-order valence-electron chi connectivity index (χ3n) is 15.2. The second-order valence-corrected chi connectivity index (χ2v) is 46.9. The fourth-order valence-corrected chi connectivity index (χ4v) is 33.4. The number of aliphatic hydroxyl groups excluding tert-OH is 1. The van der Waals surface area contributed by atoms with E-state index in [-0.39, 0.29) is 0 Å². The lowest BCUT2D eigenvalue weighted by Gasteiger charge is -2.36. The van der Waals surface area contributed by atoms with Crippen molar-refractivity contribution in [1.82, 2.24) is 0 Å². The Morgan fingerprint density at radius 2 is 0.343 bits per heavy atom. The molecule has 0 saturated carbocycles. The van der Waals surface area contributed by atoms with Crippen LogP contribution in [-0.4, -0.2) is 208 Å². The third kappa shape index (κ3) is 23.3. The van der Waals surface area contributed by atoms with Crippen molar-refractivity contribution >= 4 is 69.0 Å². The SMILES string of the molecule is CO[Si](CCC[Si](CCCC(O)CCC[Si](CCC[Si](OC)(OC)OC)(CCC[Si](OC)(OC)OC)CCC[Si](OC)(OC)OC)(CCC[Si](OC)(OC)OC)CCC[Si](OC)(OC)OC)(OC)OC. The van der Waals surface area contributed by atoms with Crippen molar-refractivity contribution in [1.29, 1.82) is 0 Å². The van der Waals surface area contributed by atoms with E-state index in [0.29, 0.717) is 0 Å². The lowest BCUT2D eigenvalue weighted by Crippen LogP contribution is -2.45. The summed E-state index contributed by atoms with van der Waals surface area (Å²) in [5, 5.41) is 11.9. The average Bonchev–Trinajstić information content (AvgIpc) is 3.40. The van der Waals surface area contributed by atoms with Crippen molar-refractivity contribution in [3.05, 3.63) is 0 Å². The second-order valence-electron chi connectivity index (χ2n) is 18.3. The summed E-state index contributed by atoms with van der Waals surface area (Å²) in [4.78, 5) is 0. The molecule has 27 heteroatoms. The lowest BCUT2D eigenvalue weighted by molar-refractivity contribution is 0.122. The summed E-state index contributed by atoms with van der Waals surface area (Å²) in [6, 6.07) is 12.8. The molecule has 0 aromatic heterocycles. The first-order valence-corrected chi connectivity index (χ1v) is 42.3. The van der Waals surface area contributed by atoms with Gasteiger partial charge in [-0.1, -0.05) is 99.7 Å². The lowest BCUT2D eigenvalue weighted by atomic mass is 10.1. The van der Waals surface area contributed by atoms with E-state index >= 15 is 0 Å². The number of aliphatic hydroxyl groups is 1. The van der Waals surface area contributed by atoms with Crippen molar-refractivity contribution in [3.63, 3.8) is 0 Å². The predicted molar refractivity (Wildman–Crippen MR) is 292 cm³/mol. The van der Waals surface area contributed by atoms with Crippen LogP contribution in [-0.2, 0) is 79.7 Å². The Balaban J connectivity index is 6.82. The zero-order valence-corrected chi connectivity index (χ0v) is 55.3. The first-order valence-electron chi connectivity index (χ1n) is 25.0. The molecule has 0 radical (unpaired) electrons. The van der Waals surface area contributed by atoms with E-state index in [1.165, 1.54) is 0 Å². The summed E-state index contributed by atoms with van der Waals surface area (Å²) in [6.07, 6.45) is 8.38. The first kappa shape index (κ1) is 71.0. The summed E-state index contributed by atoms with van der Waals surface area (Å²) < 4.78 is 106. The molecule has 0 unspecified atom stereocenters. The molecule has 0 aliphatic carbocycles. The minimum atomic E-state index is -2.80. The van der Waals surface area contributed by atoms with E-state index in [0.717, 1.165) is 149 Å². The molecule has 1 N–H and O–H groups in total. The van der Waals surface area contributed by atoms with E-state index in [4.69, 9.17) is 79.7 Å². The quantitative estimate of drug-likeness (QED) is 0.0572. The van der Waals surface area contributed by atoms with E-state index in [9.17, 15) is 5.11 Å². The largest absolute Gasteiger partial charge is 0.500 e. The van der Waals surface area contributed by atoms with Gasteiger partial charge in [-0.25, -0.2) is 0 Å². The van der Waals surface area contributed by atoms with Gasteiger partial charge in [0.25, 0.3) is 0 Å². The molecule has 70 heavy (non-hydrogen) atoms. The van der Waals surface area contributed by atoms with Crippen LogP contribution in [0.4, 0.5) is 0 Å². The van der Waals surface area contributed by atoms with Gasteiger partial charge < -0.3 is 84.8 Å². The average molecular weight is 1150 g/mol. The predicted octanol–water partition coefficient (Wildman–Crippen LogP) is 8.41. The van der Waals surface area contributed by atoms with Crippen LogP contribution in [0.25, 0.3) is 0 Å². The highest BCUT2D eigenvalue weighted by molar-refractivity contribution is 6.81. The van der Waals surface area contributed by atoms with Gasteiger partial charge in [0, 0.05) is 164 Å². The minimum Gasteiger partial charge on any atom is -0.393 e. The maximum atomic E-state index is 11.9. The van der Waals surface area contributed by atoms with Gasteiger partial charge in [-0.15, -0.1) is 0 Å². The van der Waals surface area contributed by atoms with Crippen LogP contribution in [0.1, 0.15) is 64.2 Å². The molecule has 0 saturated heterocycles. The number of hydrogen-bond acceptors (Lipinski definition) is 19. The van der Waals surface area contributed by atoms with E-state index in [1.54, 1.807) is 128 Å². The van der Waals surface area contributed by atoms with Gasteiger partial charge in [0.1, 0.15) is 0 Å². The minimum absolute atomic E-state index is 0.429. The van der Waals surface area contributed by atoms with Crippen LogP contribution < -0.4 is 0 Å². The highest BCUT2D eigenvalue weighted by Crippen LogP contribution is 2.40. The van der Waals surface area contributed by atoms with Crippen molar-refractivity contribution in [3.8, 4) is 0 Å². The van der Waals surface area contributed by atoms with Crippen molar-refractivity contribution in [2.24, 2.45) is 0 Å². The Morgan fingerprint density at radius 1 is 0.214 bits per heavy atom. The van der Waals surface area contributed by atoms with Crippen LogP contribution in [0.15, 0.2) is 0 Å². The van der Waals surface area contributed by atoms with Gasteiger partial charge in [0.15, 0.2) is 0 Å². The maximum Gasteiger partial charge on any atom is 0.500 e. The van der Waals surface area contributed by atoms with Gasteiger partial charge in [-0.3, -0.25) is 0 Å². The van der Waals surface area contributed by atoms with Crippen molar-refractivity contribution < 1.29 is 84.8 Å². The van der Waals surface area contributed by atoms with Crippen LogP contribution >= 0.6 is 0 Å². The van der Waals surface area contributed by atoms with Gasteiger partial charge in [0.2, 0.25) is 0 Å². The summed E-state index contributed by atoms with van der Waals surface area (Å²) in [6.45, 7) is 0. The van der Waals surface area contributed by atoms with E-state index in [1.807, 2.05) is 0 Å². The molecule has 0 bridgehead atoms. The van der Waals surface area contributed by atoms with Crippen LogP contribution in [0.3, 0.4) is 0 Å². The summed E-state index contributed by atoms with van der Waals surface area (Å²) in [5.41, 5.74) is 0. The monoisotopic (exact) mass is 1150 g/mol. The molecule has 0 atom stereocenters. The van der Waals surface area contributed by atoms with Crippen LogP contribution in [0, 0.1) is 0 Å². The van der Waals surface area contributed by atoms with E-state index in [2.05, 4.69) is 0 Å². The highest BCUT2D eigenvalue weighted by Gasteiger charge is 2.46. The van der Waals surface area contributed by atoms with Crippen LogP contribution in [0.5, 0.6) is 0 Å². The van der Waals surface area contributed by atoms with E-state index < -0.39 is 75.1 Å². The molecular formula is C43H104O19Si8. The molecule has 0 amide bonds. The topological polar surface area (TPSA) is 186 Å². The number of rotatable bonds is 50. The fourth-order valence-electron chi connectivity index (χ4n) is 10.5. The van der Waals surface area contributed by atoms with Gasteiger partial charge in [0.05, 0.1) is 22.3 Å². The molecular weight excluding hydrogens is 1050 g/mol. The molecule has 0 rings (SSSR count). The molecule has 0 aromatic carbocycles. The smallest absolute Gasteiger partial charge is 0.393 e. The zero-order chi connectivity index (χ0) is 53.3. The Labute approximate surface area is 434 Å². The highest BCUT2D eigenvalue weighted by atomic mass is 28.4. The fraction of sp³-hybridized carbons (Fsp3) is 1.00. The summed E-state index contributed by atoms with van der Waals surface area (Å²) in [7, 11) is 9.22. The Kier molecular flexibility index (Phi) is 38.2. The van der Waals surface area contributed by atoms with Crippen LogP contribution in [0.2, 0.25) is 84.6 Å². The Bertz CT molecular complexity index is 997. The maximum absolute atomic E-state index is 11.9. The Morgan fingerprint density at radius 3 is 0.471 bits per heavy atom. The van der Waals surface area contributed by atoms with Gasteiger partial charge in [-0.2, -0.15) is 0 Å². The molecule has 0 heterocycles. The van der Waals surface area contributed by atoms with Crippen molar-refractivity contribution in [2.75, 3.05) is 128 Å². The van der Waals surface area contributed by atoms with Crippen molar-refractivity contribution in [2.45, 2.75) is 155 Å². The standard InChI is InChI=1S/C43H104O19Si8/c1-45-65(46-2,47-3)37-21-31-63(32-22-38-66(48-4,49-5)50-6,33-23-39-67(51-7,52-8)53-9)29-19-27-43(44)28-20-30-64(34-24-40-68(54-10,55-11)56-12,35-25-41-69(57-13,58-14)59-15)36-26-42-70(60-16,61-17)62-18/h43-44H,19-42H2,1-18H3. The molecule has 422 valence electrons. The first-order chi connectivity index (χ1) is 33.4. The van der Waals surface area contributed by atoms with Gasteiger partial charge >= 0.3 is 52.8 Å². The Hall–Kier alpha value is 0.975. The normalized spacial score (nSPS) is 13.9. The molecule has 19 nitrogen and oxygen atoms in total. The third-order valence-corrected chi connectivity index (χ3v) is 43.5. The second kappa shape index (κ2) is 37.7. The zero-order valence-electron chi connectivity index (χ0n) is 47.3. The molecule has 0 spiro atoms. The number of hydrogen-bond donors (Lipinski definition) is 1. The summed E-state index contributed by atoms with van der Waals surface area (Å²) >= 11 is 0. The molecule has 0 aliphatic heterocycles. The molecule has 0 aromatic rings. The van der Waals surface area contributed by atoms with Gasteiger partial charge in [-0.05, 0) is 12.8 Å². The summed E-state index contributed by atoms with van der Waals surface area (Å²) in [5.74, 6) is 0.